The van der Waals surface area contributed by atoms with Gasteiger partial charge in [-0.25, -0.2) is 9.18 Å². The number of ether oxygens (including phenoxy) is 3. The summed E-state index contributed by atoms with van der Waals surface area (Å²) in [5.74, 6) is 0.0374. The summed E-state index contributed by atoms with van der Waals surface area (Å²) in [4.78, 5) is 16.0. The number of aromatic nitrogens is 2. The van der Waals surface area contributed by atoms with Crippen molar-refractivity contribution in [1.82, 2.24) is 10.1 Å². The zero-order valence-corrected chi connectivity index (χ0v) is 15.2. The number of hydrogen-bond donors (Lipinski definition) is 0. The van der Waals surface area contributed by atoms with Crippen LogP contribution in [0.15, 0.2) is 53.1 Å². The lowest BCUT2D eigenvalue weighted by Gasteiger charge is -2.03. The third kappa shape index (κ3) is 4.53. The minimum Gasteiger partial charge on any atom is -0.496 e. The highest BCUT2D eigenvalue weighted by Crippen LogP contribution is 2.27. The fourth-order valence-corrected chi connectivity index (χ4v) is 2.38. The average Bonchev–Trinajstić information content (AvgIpc) is 3.19. The minimum absolute atomic E-state index is 0.127. The third-order valence-corrected chi connectivity index (χ3v) is 3.74. The second-order valence-electron chi connectivity index (χ2n) is 5.55. The van der Waals surface area contributed by atoms with E-state index in [0.29, 0.717) is 22.7 Å². The minimum atomic E-state index is -0.631. The van der Waals surface area contributed by atoms with Crippen molar-refractivity contribution < 1.29 is 27.9 Å². The molecule has 3 rings (SSSR count). The van der Waals surface area contributed by atoms with E-state index >= 15 is 0 Å². The van der Waals surface area contributed by atoms with Crippen LogP contribution in [-0.2, 0) is 16.1 Å². The summed E-state index contributed by atoms with van der Waals surface area (Å²) in [6, 6.07) is 11.5. The van der Waals surface area contributed by atoms with Crippen molar-refractivity contribution in [1.29, 1.82) is 0 Å². The van der Waals surface area contributed by atoms with Crippen LogP contribution in [-0.4, -0.2) is 30.3 Å². The Morgan fingerprint density at radius 3 is 2.68 bits per heavy atom. The van der Waals surface area contributed by atoms with Crippen LogP contribution in [0.3, 0.4) is 0 Å². The number of halogens is 1. The van der Waals surface area contributed by atoms with Gasteiger partial charge in [0.1, 0.15) is 5.75 Å². The predicted molar refractivity (Wildman–Crippen MR) is 98.1 cm³/mol. The van der Waals surface area contributed by atoms with Gasteiger partial charge in [-0.05, 0) is 35.9 Å². The van der Waals surface area contributed by atoms with E-state index in [4.69, 9.17) is 18.7 Å². The first-order valence-corrected chi connectivity index (χ1v) is 8.25. The molecule has 0 aliphatic carbocycles. The summed E-state index contributed by atoms with van der Waals surface area (Å²) < 4.78 is 33.9. The topological polar surface area (TPSA) is 83.7 Å². The van der Waals surface area contributed by atoms with E-state index in [0.717, 1.165) is 0 Å². The number of carbonyl (C=O) groups is 1. The number of nitrogens with zero attached hydrogens (tertiary/aromatic N) is 2. The molecular weight excluding hydrogens is 367 g/mol. The molecule has 0 N–H and O–H groups in total. The second-order valence-corrected chi connectivity index (χ2v) is 5.55. The second kappa shape index (κ2) is 8.81. The van der Waals surface area contributed by atoms with Gasteiger partial charge >= 0.3 is 5.97 Å². The highest BCUT2D eigenvalue weighted by Gasteiger charge is 2.13. The number of esters is 1. The molecule has 0 atom stereocenters. The molecule has 28 heavy (non-hydrogen) atoms. The van der Waals surface area contributed by atoms with E-state index < -0.39 is 11.8 Å². The van der Waals surface area contributed by atoms with Crippen molar-refractivity contribution in [3.05, 3.63) is 65.8 Å². The number of rotatable bonds is 7. The Morgan fingerprint density at radius 1 is 1.14 bits per heavy atom. The molecule has 0 spiro atoms. The summed E-state index contributed by atoms with van der Waals surface area (Å²) in [5, 5.41) is 3.86. The molecule has 0 aliphatic heterocycles. The van der Waals surface area contributed by atoms with Gasteiger partial charge < -0.3 is 18.7 Å². The lowest BCUT2D eigenvalue weighted by atomic mass is 10.2. The van der Waals surface area contributed by atoms with Gasteiger partial charge in [-0.3, -0.25) is 0 Å². The summed E-state index contributed by atoms with van der Waals surface area (Å²) in [7, 11) is 2.92. The van der Waals surface area contributed by atoms with E-state index in [1.165, 1.54) is 31.4 Å². The van der Waals surface area contributed by atoms with Crippen molar-refractivity contribution in [2.75, 3.05) is 14.2 Å². The number of carbonyl (C=O) groups excluding carboxylic acids is 1. The molecule has 0 aliphatic rings. The van der Waals surface area contributed by atoms with Crippen LogP contribution < -0.4 is 9.47 Å². The first-order chi connectivity index (χ1) is 13.6. The van der Waals surface area contributed by atoms with E-state index in [1.807, 2.05) is 12.1 Å². The number of para-hydroxylation sites is 1. The molecule has 1 aromatic heterocycles. The number of hydrogen-bond acceptors (Lipinski definition) is 7. The third-order valence-electron chi connectivity index (χ3n) is 3.74. The van der Waals surface area contributed by atoms with E-state index in [1.54, 1.807) is 25.3 Å². The van der Waals surface area contributed by atoms with Crippen LogP contribution in [0.4, 0.5) is 4.39 Å². The summed E-state index contributed by atoms with van der Waals surface area (Å²) >= 11 is 0. The Labute approximate surface area is 160 Å². The zero-order chi connectivity index (χ0) is 19.9. The molecule has 144 valence electrons. The fourth-order valence-electron chi connectivity index (χ4n) is 2.38. The Bertz CT molecular complexity index is 1000. The maximum atomic E-state index is 13.6. The summed E-state index contributed by atoms with van der Waals surface area (Å²) in [6.45, 7) is -0.192. The molecule has 7 nitrogen and oxygen atoms in total. The molecule has 0 saturated heterocycles. The van der Waals surface area contributed by atoms with E-state index in [9.17, 15) is 9.18 Å². The monoisotopic (exact) mass is 384 g/mol. The first kappa shape index (κ1) is 19.1. The Hall–Kier alpha value is -3.68. The van der Waals surface area contributed by atoms with Crippen LogP contribution in [0.1, 0.15) is 11.5 Å². The van der Waals surface area contributed by atoms with E-state index in [-0.39, 0.29) is 18.2 Å². The number of benzene rings is 2. The number of methoxy groups -OCH3 is 2. The maximum absolute atomic E-state index is 13.6. The van der Waals surface area contributed by atoms with Crippen molar-refractivity contribution in [2.45, 2.75) is 6.61 Å². The Kier molecular flexibility index (Phi) is 6.01. The molecule has 0 radical (unpaired) electrons. The summed E-state index contributed by atoms with van der Waals surface area (Å²) in [6.07, 6.45) is 2.61. The van der Waals surface area contributed by atoms with Gasteiger partial charge in [-0.2, -0.15) is 4.98 Å². The largest absolute Gasteiger partial charge is 0.496 e. The molecular formula is C20H17FN2O5. The highest BCUT2D eigenvalue weighted by atomic mass is 19.1. The predicted octanol–water partition coefficient (Wildman–Crippen LogP) is 3.65. The van der Waals surface area contributed by atoms with Crippen molar-refractivity contribution in [2.24, 2.45) is 0 Å². The molecule has 2 aromatic carbocycles. The molecule has 0 fully saturated rings. The summed E-state index contributed by atoms with van der Waals surface area (Å²) in [5.41, 5.74) is 1.15. The zero-order valence-electron chi connectivity index (χ0n) is 15.2. The standard InChI is InChI=1S/C20H17FN2O5/c1-25-16-6-4-3-5-14(16)20-22-18(28-23-20)12-27-19(24)10-8-13-7-9-17(26-2)15(21)11-13/h3-11H,12H2,1-2H3/b10-8+. The van der Waals surface area contributed by atoms with Gasteiger partial charge in [-0.15, -0.1) is 0 Å². The highest BCUT2D eigenvalue weighted by molar-refractivity contribution is 5.87. The lowest BCUT2D eigenvalue weighted by molar-refractivity contribution is -0.139. The fraction of sp³-hybridized carbons (Fsp3) is 0.150. The Balaban J connectivity index is 1.59. The molecule has 0 bridgehead atoms. The van der Waals surface area contributed by atoms with Crippen LogP contribution >= 0.6 is 0 Å². The molecule has 1 heterocycles. The van der Waals surface area contributed by atoms with Crippen molar-refractivity contribution in [3.8, 4) is 22.9 Å². The van der Waals surface area contributed by atoms with Gasteiger partial charge in [0.15, 0.2) is 18.2 Å². The van der Waals surface area contributed by atoms with Gasteiger partial charge in [0.05, 0.1) is 19.8 Å². The van der Waals surface area contributed by atoms with Crippen molar-refractivity contribution >= 4 is 12.0 Å². The Morgan fingerprint density at radius 2 is 1.93 bits per heavy atom. The quantitative estimate of drug-likeness (QED) is 0.454. The molecule has 8 heteroatoms. The van der Waals surface area contributed by atoms with Crippen LogP contribution in [0.5, 0.6) is 11.5 Å². The van der Waals surface area contributed by atoms with Crippen LogP contribution in [0, 0.1) is 5.82 Å². The van der Waals surface area contributed by atoms with Gasteiger partial charge in [0.2, 0.25) is 5.82 Å². The molecule has 3 aromatic rings. The van der Waals surface area contributed by atoms with Gasteiger partial charge in [0, 0.05) is 6.08 Å². The van der Waals surface area contributed by atoms with E-state index in [2.05, 4.69) is 10.1 Å². The van der Waals surface area contributed by atoms with Gasteiger partial charge in [-0.1, -0.05) is 23.4 Å². The van der Waals surface area contributed by atoms with Crippen LogP contribution in [0.2, 0.25) is 0 Å². The SMILES string of the molecule is COc1ccc(/C=C/C(=O)OCc2nc(-c3ccccc3OC)no2)cc1F. The normalized spacial score (nSPS) is 10.8. The average molecular weight is 384 g/mol. The van der Waals surface area contributed by atoms with Crippen molar-refractivity contribution in [3.63, 3.8) is 0 Å². The lowest BCUT2D eigenvalue weighted by Crippen LogP contribution is -2.01. The molecule has 0 amide bonds. The maximum Gasteiger partial charge on any atom is 0.331 e. The molecule has 0 unspecified atom stereocenters. The first-order valence-electron chi connectivity index (χ1n) is 8.25. The smallest absolute Gasteiger partial charge is 0.331 e. The molecule has 0 saturated carbocycles. The van der Waals surface area contributed by atoms with Gasteiger partial charge in [0.25, 0.3) is 5.89 Å². The van der Waals surface area contributed by atoms with Crippen LogP contribution in [0.25, 0.3) is 17.5 Å².